The second-order valence-electron chi connectivity index (χ2n) is 9.24. The third kappa shape index (κ3) is 5.78. The second kappa shape index (κ2) is 10.5. The number of piperidine rings is 1. The lowest BCUT2D eigenvalue weighted by molar-refractivity contribution is -0.0221. The molecule has 0 spiro atoms. The van der Waals surface area contributed by atoms with E-state index in [0.29, 0.717) is 23.9 Å². The lowest BCUT2D eigenvalue weighted by Gasteiger charge is -2.33. The summed E-state index contributed by atoms with van der Waals surface area (Å²) in [6.45, 7) is 4.54. The minimum absolute atomic E-state index is 0.158. The molecule has 0 saturated carbocycles. The van der Waals surface area contributed by atoms with Crippen molar-refractivity contribution in [3.05, 3.63) is 35.7 Å². The highest BCUT2D eigenvalue weighted by Gasteiger charge is 2.34. The van der Waals surface area contributed by atoms with Crippen molar-refractivity contribution in [2.75, 3.05) is 56.7 Å². The van der Waals surface area contributed by atoms with Crippen LogP contribution >= 0.6 is 11.3 Å². The van der Waals surface area contributed by atoms with Crippen LogP contribution in [-0.2, 0) is 0 Å². The zero-order chi connectivity index (χ0) is 24.3. The summed E-state index contributed by atoms with van der Waals surface area (Å²) in [6.07, 6.45) is 3.19. The zero-order valence-corrected chi connectivity index (χ0v) is 20.9. The van der Waals surface area contributed by atoms with E-state index >= 15 is 0 Å². The molecule has 3 aromatic rings. The number of halogens is 2. The van der Waals surface area contributed by atoms with Crippen molar-refractivity contribution < 1.29 is 18.3 Å². The van der Waals surface area contributed by atoms with Crippen LogP contribution in [0.2, 0.25) is 0 Å². The quantitative estimate of drug-likeness (QED) is 0.354. The average Bonchev–Trinajstić information content (AvgIpc) is 3.56. The molecule has 9 heteroatoms. The standard InChI is InChI=1S/C26H32F2N4O2S/c1-33-22-16-19-20(17-23(22)34-14-5-11-31-9-2-3-10-31)29-24(32-12-7-26(27,28)8-13-32)18-21(19)30-25-6-4-15-35-25/h4,6,15-18H,2-3,5,7-14H2,1H3,(H,29,30). The summed E-state index contributed by atoms with van der Waals surface area (Å²) in [7, 11) is 1.64. The molecule has 1 N–H and O–H groups in total. The van der Waals surface area contributed by atoms with Crippen LogP contribution in [-0.4, -0.2) is 62.2 Å². The number of hydrogen-bond acceptors (Lipinski definition) is 7. The smallest absolute Gasteiger partial charge is 0.251 e. The van der Waals surface area contributed by atoms with E-state index in [-0.39, 0.29) is 25.9 Å². The number of ether oxygens (including phenoxy) is 2. The van der Waals surface area contributed by atoms with E-state index in [2.05, 4.69) is 10.2 Å². The van der Waals surface area contributed by atoms with Crippen LogP contribution in [0, 0.1) is 0 Å². The number of likely N-dealkylation sites (tertiary alicyclic amines) is 1. The van der Waals surface area contributed by atoms with E-state index in [1.165, 1.54) is 25.9 Å². The molecule has 0 unspecified atom stereocenters. The van der Waals surface area contributed by atoms with Gasteiger partial charge in [-0.05, 0) is 55.9 Å². The number of nitrogens with one attached hydrogen (secondary N) is 1. The van der Waals surface area contributed by atoms with Gasteiger partial charge >= 0.3 is 0 Å². The highest BCUT2D eigenvalue weighted by Crippen LogP contribution is 2.39. The van der Waals surface area contributed by atoms with Gasteiger partial charge in [0, 0.05) is 50.0 Å². The molecule has 2 saturated heterocycles. The van der Waals surface area contributed by atoms with E-state index in [4.69, 9.17) is 14.5 Å². The largest absolute Gasteiger partial charge is 0.493 e. The van der Waals surface area contributed by atoms with Gasteiger partial charge in [0.05, 0.1) is 29.9 Å². The molecule has 0 atom stereocenters. The Balaban J connectivity index is 1.42. The molecule has 1 aromatic carbocycles. The number of alkyl halides is 2. The van der Waals surface area contributed by atoms with Gasteiger partial charge in [0.15, 0.2) is 11.5 Å². The predicted molar refractivity (Wildman–Crippen MR) is 138 cm³/mol. The van der Waals surface area contributed by atoms with Gasteiger partial charge in [-0.1, -0.05) is 0 Å². The fraction of sp³-hybridized carbons (Fsp3) is 0.500. The van der Waals surface area contributed by atoms with Crippen molar-refractivity contribution in [1.29, 1.82) is 0 Å². The highest BCUT2D eigenvalue weighted by atomic mass is 32.1. The van der Waals surface area contributed by atoms with Crippen molar-refractivity contribution in [3.8, 4) is 11.5 Å². The maximum Gasteiger partial charge on any atom is 0.251 e. The first-order valence-corrected chi connectivity index (χ1v) is 13.2. The Labute approximate surface area is 208 Å². The maximum atomic E-state index is 13.8. The van der Waals surface area contributed by atoms with E-state index in [0.717, 1.165) is 34.6 Å². The first-order chi connectivity index (χ1) is 17.0. The lowest BCUT2D eigenvalue weighted by Crippen LogP contribution is -2.39. The van der Waals surface area contributed by atoms with Gasteiger partial charge in [0.25, 0.3) is 5.92 Å². The summed E-state index contributed by atoms with van der Waals surface area (Å²) < 4.78 is 39.3. The van der Waals surface area contributed by atoms with Crippen LogP contribution in [0.3, 0.4) is 0 Å². The minimum atomic E-state index is -2.60. The Morgan fingerprint density at radius 1 is 1.09 bits per heavy atom. The molecule has 0 bridgehead atoms. The first kappa shape index (κ1) is 24.1. The number of nitrogens with zero attached hydrogens (tertiary/aromatic N) is 3. The Morgan fingerprint density at radius 2 is 1.89 bits per heavy atom. The SMILES string of the molecule is COc1cc2c(Nc3cccs3)cc(N3CCC(F)(F)CC3)nc2cc1OCCCN1CCCC1. The first-order valence-electron chi connectivity index (χ1n) is 12.3. The molecule has 2 aliphatic heterocycles. The molecule has 2 fully saturated rings. The Hall–Kier alpha value is -2.65. The molecule has 2 aromatic heterocycles. The van der Waals surface area contributed by atoms with E-state index in [9.17, 15) is 8.78 Å². The molecule has 0 radical (unpaired) electrons. The van der Waals surface area contributed by atoms with Gasteiger partial charge < -0.3 is 24.6 Å². The van der Waals surface area contributed by atoms with Crippen LogP contribution in [0.1, 0.15) is 32.1 Å². The molecule has 5 rings (SSSR count). The van der Waals surface area contributed by atoms with Gasteiger partial charge in [-0.2, -0.15) is 0 Å². The van der Waals surface area contributed by atoms with Crippen molar-refractivity contribution in [1.82, 2.24) is 9.88 Å². The Morgan fingerprint density at radius 3 is 2.60 bits per heavy atom. The summed E-state index contributed by atoms with van der Waals surface area (Å²) in [5, 5.41) is 7.38. The third-order valence-electron chi connectivity index (χ3n) is 6.75. The number of methoxy groups -OCH3 is 1. The van der Waals surface area contributed by atoms with Gasteiger partial charge in [-0.3, -0.25) is 0 Å². The number of benzene rings is 1. The number of anilines is 3. The van der Waals surface area contributed by atoms with Crippen molar-refractivity contribution in [2.24, 2.45) is 0 Å². The van der Waals surface area contributed by atoms with Crippen molar-refractivity contribution >= 4 is 38.7 Å². The van der Waals surface area contributed by atoms with Crippen LogP contribution in [0.25, 0.3) is 10.9 Å². The molecule has 0 aliphatic carbocycles. The van der Waals surface area contributed by atoms with Crippen LogP contribution in [0.4, 0.5) is 25.3 Å². The number of fused-ring (bicyclic) bond motifs is 1. The van der Waals surface area contributed by atoms with Gasteiger partial charge in [-0.25, -0.2) is 13.8 Å². The Bertz CT molecular complexity index is 1130. The normalized spacial score (nSPS) is 18.2. The summed E-state index contributed by atoms with van der Waals surface area (Å²) in [4.78, 5) is 9.28. The molecule has 2 aliphatic rings. The molecule has 188 valence electrons. The zero-order valence-electron chi connectivity index (χ0n) is 20.1. The van der Waals surface area contributed by atoms with E-state index in [1.54, 1.807) is 18.4 Å². The van der Waals surface area contributed by atoms with E-state index in [1.807, 2.05) is 40.6 Å². The number of rotatable bonds is 9. The van der Waals surface area contributed by atoms with Gasteiger partial charge in [-0.15, -0.1) is 11.3 Å². The average molecular weight is 503 g/mol. The summed E-state index contributed by atoms with van der Waals surface area (Å²) in [5.74, 6) is -0.606. The summed E-state index contributed by atoms with van der Waals surface area (Å²) >= 11 is 1.60. The Kier molecular flexibility index (Phi) is 7.24. The molecule has 0 amide bonds. The highest BCUT2D eigenvalue weighted by molar-refractivity contribution is 7.14. The van der Waals surface area contributed by atoms with Crippen molar-refractivity contribution in [2.45, 2.75) is 38.0 Å². The minimum Gasteiger partial charge on any atom is -0.493 e. The fourth-order valence-electron chi connectivity index (χ4n) is 4.78. The predicted octanol–water partition coefficient (Wildman–Crippen LogP) is 6.15. The molecule has 6 nitrogen and oxygen atoms in total. The molecule has 35 heavy (non-hydrogen) atoms. The second-order valence-corrected chi connectivity index (χ2v) is 10.2. The van der Waals surface area contributed by atoms with Gasteiger partial charge in [0.1, 0.15) is 5.82 Å². The third-order valence-corrected chi connectivity index (χ3v) is 7.54. The van der Waals surface area contributed by atoms with Crippen molar-refractivity contribution in [3.63, 3.8) is 0 Å². The topological polar surface area (TPSA) is 49.9 Å². The summed E-state index contributed by atoms with van der Waals surface area (Å²) in [5.41, 5.74) is 1.61. The molecular weight excluding hydrogens is 470 g/mol. The lowest BCUT2D eigenvalue weighted by atomic mass is 10.1. The number of thiophene rings is 1. The van der Waals surface area contributed by atoms with Crippen LogP contribution in [0.5, 0.6) is 11.5 Å². The maximum absolute atomic E-state index is 13.8. The fourth-order valence-corrected chi connectivity index (χ4v) is 5.41. The summed E-state index contributed by atoms with van der Waals surface area (Å²) in [6, 6.07) is 9.79. The number of pyridine rings is 1. The number of aromatic nitrogens is 1. The number of hydrogen-bond donors (Lipinski definition) is 1. The molecule has 4 heterocycles. The monoisotopic (exact) mass is 502 g/mol. The van der Waals surface area contributed by atoms with E-state index < -0.39 is 5.92 Å². The molecular formula is C26H32F2N4O2S. The van der Waals surface area contributed by atoms with Gasteiger partial charge in [0.2, 0.25) is 0 Å². The van der Waals surface area contributed by atoms with Crippen LogP contribution in [0.15, 0.2) is 35.7 Å². The van der Waals surface area contributed by atoms with Crippen LogP contribution < -0.4 is 19.7 Å².